The van der Waals surface area contributed by atoms with E-state index < -0.39 is 0 Å². The zero-order valence-electron chi connectivity index (χ0n) is 12.7. The van der Waals surface area contributed by atoms with E-state index in [1.54, 1.807) is 0 Å². The summed E-state index contributed by atoms with van der Waals surface area (Å²) in [6, 6.07) is 0. The highest BCUT2D eigenvalue weighted by Crippen LogP contribution is 2.21. The normalized spacial score (nSPS) is 20.7. The van der Waals surface area contributed by atoms with Crippen molar-refractivity contribution in [2.75, 3.05) is 13.2 Å². The maximum absolute atomic E-state index is 5.67. The molecule has 1 saturated heterocycles. The second-order valence-electron chi connectivity index (χ2n) is 6.06. The first-order valence-electron chi connectivity index (χ1n) is 7.82. The number of hydrogen-bond acceptors (Lipinski definition) is 5. The van der Waals surface area contributed by atoms with Gasteiger partial charge in [-0.1, -0.05) is 19.0 Å². The van der Waals surface area contributed by atoms with E-state index in [-0.39, 0.29) is 6.10 Å². The third kappa shape index (κ3) is 4.56. The highest BCUT2D eigenvalue weighted by Gasteiger charge is 2.19. The third-order valence-electron chi connectivity index (χ3n) is 4.15. The van der Waals surface area contributed by atoms with E-state index in [0.717, 1.165) is 63.4 Å². The topological polar surface area (TPSA) is 74.2 Å². The van der Waals surface area contributed by atoms with Crippen LogP contribution >= 0.6 is 0 Å². The summed E-state index contributed by atoms with van der Waals surface area (Å²) in [5.41, 5.74) is 5.67. The van der Waals surface area contributed by atoms with Crippen LogP contribution in [0.15, 0.2) is 4.52 Å². The molecule has 1 aliphatic heterocycles. The Kier molecular flexibility index (Phi) is 5.98. The summed E-state index contributed by atoms with van der Waals surface area (Å²) in [6.45, 7) is 6.11. The number of rotatable bonds is 8. The fourth-order valence-electron chi connectivity index (χ4n) is 2.82. The molecule has 2 heterocycles. The predicted molar refractivity (Wildman–Crippen MR) is 77.3 cm³/mol. The molecule has 0 radical (unpaired) electrons. The van der Waals surface area contributed by atoms with Crippen LogP contribution in [-0.4, -0.2) is 29.4 Å². The van der Waals surface area contributed by atoms with Crippen LogP contribution in [0.5, 0.6) is 0 Å². The minimum absolute atomic E-state index is 0.279. The van der Waals surface area contributed by atoms with Gasteiger partial charge in [0.15, 0.2) is 5.82 Å². The van der Waals surface area contributed by atoms with E-state index in [9.17, 15) is 0 Å². The minimum atomic E-state index is 0.279. The Hall–Kier alpha value is -0.940. The van der Waals surface area contributed by atoms with Gasteiger partial charge in [-0.2, -0.15) is 4.98 Å². The van der Waals surface area contributed by atoms with E-state index in [4.69, 9.17) is 15.0 Å². The predicted octanol–water partition coefficient (Wildman–Crippen LogP) is 2.34. The molecule has 20 heavy (non-hydrogen) atoms. The number of ether oxygens (including phenoxy) is 1. The van der Waals surface area contributed by atoms with E-state index in [1.165, 1.54) is 0 Å². The lowest BCUT2D eigenvalue weighted by atomic mass is 9.88. The van der Waals surface area contributed by atoms with Crippen LogP contribution < -0.4 is 5.73 Å². The average molecular weight is 281 g/mol. The molecule has 1 fully saturated rings. The molecule has 5 heteroatoms. The molecule has 0 amide bonds. The SMILES string of the molecule is CC(C)C(CCN)CCc1nc(CC2CCCO2)no1. The van der Waals surface area contributed by atoms with Crippen LogP contribution in [0.25, 0.3) is 0 Å². The van der Waals surface area contributed by atoms with Gasteiger partial charge in [0.05, 0.1) is 6.10 Å². The van der Waals surface area contributed by atoms with Gasteiger partial charge in [0.1, 0.15) is 0 Å². The van der Waals surface area contributed by atoms with Crippen LogP contribution in [0, 0.1) is 11.8 Å². The third-order valence-corrected chi connectivity index (χ3v) is 4.15. The Morgan fingerprint density at radius 1 is 1.35 bits per heavy atom. The lowest BCUT2D eigenvalue weighted by Gasteiger charge is -2.18. The minimum Gasteiger partial charge on any atom is -0.378 e. The first-order chi connectivity index (χ1) is 9.69. The summed E-state index contributed by atoms with van der Waals surface area (Å²) >= 11 is 0. The van der Waals surface area contributed by atoms with Gasteiger partial charge in [-0.05, 0) is 44.1 Å². The summed E-state index contributed by atoms with van der Waals surface area (Å²) in [7, 11) is 0. The summed E-state index contributed by atoms with van der Waals surface area (Å²) < 4.78 is 10.9. The van der Waals surface area contributed by atoms with Gasteiger partial charge >= 0.3 is 0 Å². The Balaban J connectivity index is 1.79. The molecule has 1 aromatic heterocycles. The van der Waals surface area contributed by atoms with Gasteiger partial charge in [0.25, 0.3) is 0 Å². The molecular weight excluding hydrogens is 254 g/mol. The van der Waals surface area contributed by atoms with Gasteiger partial charge in [-0.25, -0.2) is 0 Å². The second kappa shape index (κ2) is 7.74. The standard InChI is InChI=1S/C15H27N3O2/c1-11(2)12(7-8-16)5-6-15-17-14(18-20-15)10-13-4-3-9-19-13/h11-13H,3-10,16H2,1-2H3. The van der Waals surface area contributed by atoms with Crippen molar-refractivity contribution >= 4 is 0 Å². The van der Waals surface area contributed by atoms with Crippen molar-refractivity contribution in [3.8, 4) is 0 Å². The van der Waals surface area contributed by atoms with Crippen LogP contribution in [0.1, 0.15) is 51.2 Å². The molecule has 2 unspecified atom stereocenters. The molecule has 0 saturated carbocycles. The average Bonchev–Trinajstić information content (AvgIpc) is 3.06. The Bertz CT molecular complexity index is 386. The number of nitrogens with zero attached hydrogens (tertiary/aromatic N) is 2. The Morgan fingerprint density at radius 3 is 2.85 bits per heavy atom. The van der Waals surface area contributed by atoms with E-state index in [1.807, 2.05) is 0 Å². The van der Waals surface area contributed by atoms with Crippen molar-refractivity contribution in [3.63, 3.8) is 0 Å². The van der Waals surface area contributed by atoms with Crippen LogP contribution in [0.3, 0.4) is 0 Å². The monoisotopic (exact) mass is 281 g/mol. The lowest BCUT2D eigenvalue weighted by Crippen LogP contribution is -2.15. The van der Waals surface area contributed by atoms with Crippen molar-refractivity contribution in [2.45, 2.75) is 58.5 Å². The van der Waals surface area contributed by atoms with Gasteiger partial charge in [0, 0.05) is 19.4 Å². The smallest absolute Gasteiger partial charge is 0.226 e. The molecular formula is C15H27N3O2. The molecule has 0 spiro atoms. The summed E-state index contributed by atoms with van der Waals surface area (Å²) in [5.74, 6) is 2.81. The first kappa shape index (κ1) is 15.4. The van der Waals surface area contributed by atoms with E-state index in [0.29, 0.717) is 11.8 Å². The summed E-state index contributed by atoms with van der Waals surface area (Å²) in [5, 5.41) is 4.06. The van der Waals surface area contributed by atoms with Gasteiger partial charge < -0.3 is 15.0 Å². The van der Waals surface area contributed by atoms with Crippen molar-refractivity contribution in [3.05, 3.63) is 11.7 Å². The second-order valence-corrected chi connectivity index (χ2v) is 6.06. The Morgan fingerprint density at radius 2 is 2.20 bits per heavy atom. The van der Waals surface area contributed by atoms with E-state index in [2.05, 4.69) is 24.0 Å². The molecule has 0 bridgehead atoms. The lowest BCUT2D eigenvalue weighted by molar-refractivity contribution is 0.109. The number of aryl methyl sites for hydroxylation is 1. The quantitative estimate of drug-likeness (QED) is 0.791. The molecule has 114 valence electrons. The fraction of sp³-hybridized carbons (Fsp3) is 0.867. The van der Waals surface area contributed by atoms with Crippen molar-refractivity contribution in [2.24, 2.45) is 17.6 Å². The maximum Gasteiger partial charge on any atom is 0.226 e. The maximum atomic E-state index is 5.67. The fourth-order valence-corrected chi connectivity index (χ4v) is 2.82. The molecule has 0 aromatic carbocycles. The highest BCUT2D eigenvalue weighted by molar-refractivity contribution is 4.90. The first-order valence-corrected chi connectivity index (χ1v) is 7.82. The number of nitrogens with two attached hydrogens (primary N) is 1. The molecule has 2 N–H and O–H groups in total. The number of aromatic nitrogens is 2. The van der Waals surface area contributed by atoms with Gasteiger partial charge in [-0.3, -0.25) is 0 Å². The summed E-state index contributed by atoms with van der Waals surface area (Å²) in [4.78, 5) is 4.48. The van der Waals surface area contributed by atoms with Gasteiger partial charge in [-0.15, -0.1) is 0 Å². The van der Waals surface area contributed by atoms with Crippen molar-refractivity contribution in [1.82, 2.24) is 10.1 Å². The Labute approximate surface area is 121 Å². The van der Waals surface area contributed by atoms with Gasteiger partial charge in [0.2, 0.25) is 5.89 Å². The molecule has 1 aliphatic rings. The number of hydrogen-bond donors (Lipinski definition) is 1. The molecule has 2 rings (SSSR count). The van der Waals surface area contributed by atoms with E-state index >= 15 is 0 Å². The van der Waals surface area contributed by atoms with Crippen molar-refractivity contribution in [1.29, 1.82) is 0 Å². The molecule has 0 aliphatic carbocycles. The zero-order valence-corrected chi connectivity index (χ0v) is 12.7. The molecule has 1 aromatic rings. The largest absolute Gasteiger partial charge is 0.378 e. The molecule has 5 nitrogen and oxygen atoms in total. The van der Waals surface area contributed by atoms with Crippen LogP contribution in [0.2, 0.25) is 0 Å². The molecule has 2 atom stereocenters. The van der Waals surface area contributed by atoms with Crippen LogP contribution in [0.4, 0.5) is 0 Å². The zero-order chi connectivity index (χ0) is 14.4. The highest BCUT2D eigenvalue weighted by atomic mass is 16.5. The van der Waals surface area contributed by atoms with Crippen molar-refractivity contribution < 1.29 is 9.26 Å². The summed E-state index contributed by atoms with van der Waals surface area (Å²) in [6.07, 6.45) is 6.29. The van der Waals surface area contributed by atoms with Crippen LogP contribution in [-0.2, 0) is 17.6 Å².